The van der Waals surface area contributed by atoms with Crippen molar-refractivity contribution in [1.29, 1.82) is 0 Å². The van der Waals surface area contributed by atoms with Crippen molar-refractivity contribution < 1.29 is 9.47 Å². The third-order valence-corrected chi connectivity index (χ3v) is 6.15. The first-order valence-electron chi connectivity index (χ1n) is 12.2. The van der Waals surface area contributed by atoms with Crippen LogP contribution in [-0.4, -0.2) is 72.2 Å². The third kappa shape index (κ3) is 5.50. The summed E-state index contributed by atoms with van der Waals surface area (Å²) in [6.45, 7) is 3.69. The topological polar surface area (TPSA) is 107 Å². The van der Waals surface area contributed by atoms with E-state index in [4.69, 9.17) is 25.3 Å². The van der Waals surface area contributed by atoms with Crippen LogP contribution in [0.25, 0.3) is 17.1 Å². The van der Waals surface area contributed by atoms with E-state index in [9.17, 15) is 0 Å². The molecule has 192 valence electrons. The van der Waals surface area contributed by atoms with Gasteiger partial charge in [0.1, 0.15) is 5.75 Å². The highest BCUT2D eigenvalue weighted by atomic mass is 16.5. The van der Waals surface area contributed by atoms with Crippen molar-refractivity contribution in [2.24, 2.45) is 0 Å². The monoisotopic (exact) mass is 500 g/mol. The van der Waals surface area contributed by atoms with Gasteiger partial charge in [-0.25, -0.2) is 9.67 Å². The van der Waals surface area contributed by atoms with E-state index in [-0.39, 0.29) is 0 Å². The normalized spacial score (nSPS) is 13.7. The molecule has 3 heterocycles. The van der Waals surface area contributed by atoms with Crippen LogP contribution in [0.2, 0.25) is 0 Å². The van der Waals surface area contributed by atoms with Crippen LogP contribution in [0, 0.1) is 0 Å². The smallest absolute Gasteiger partial charge is 0.229 e. The van der Waals surface area contributed by atoms with E-state index in [0.29, 0.717) is 42.1 Å². The molecule has 0 spiro atoms. The van der Waals surface area contributed by atoms with Gasteiger partial charge in [0.2, 0.25) is 5.95 Å². The molecule has 3 N–H and O–H groups in total. The predicted molar refractivity (Wildman–Crippen MR) is 146 cm³/mol. The molecule has 1 aliphatic heterocycles. The number of nitrogen functional groups attached to an aromatic ring is 1. The van der Waals surface area contributed by atoms with Crippen LogP contribution in [-0.2, 0) is 11.3 Å². The Morgan fingerprint density at radius 3 is 2.62 bits per heavy atom. The summed E-state index contributed by atoms with van der Waals surface area (Å²) in [6.07, 6.45) is 3.72. The van der Waals surface area contributed by atoms with E-state index in [1.54, 1.807) is 18.0 Å². The molecular formula is C27H32N8O2. The fourth-order valence-corrected chi connectivity index (χ4v) is 4.41. The minimum Gasteiger partial charge on any atom is -0.494 e. The molecular weight excluding hydrogens is 468 g/mol. The molecule has 1 saturated heterocycles. The Morgan fingerprint density at radius 1 is 1.11 bits per heavy atom. The minimum atomic E-state index is 0.417. The number of nitrogens with one attached hydrogen (secondary N) is 1. The zero-order valence-corrected chi connectivity index (χ0v) is 21.4. The molecule has 0 radical (unpaired) electrons. The standard InChI is InChI=1S/C27H32N8O2/c1-33(2)17-20-18-35(32-26(20)19-7-5-4-6-8-19)25-9-10-29-27(31-25)30-22-15-21(28)23(16-24(22)36-3)34-11-13-37-14-12-34/h4-10,15-16,18H,11-14,17,28H2,1-3H3,(H,29,30,31). The Morgan fingerprint density at radius 2 is 1.89 bits per heavy atom. The Labute approximate surface area is 216 Å². The maximum atomic E-state index is 6.43. The van der Waals surface area contributed by atoms with Crippen molar-refractivity contribution >= 4 is 23.0 Å². The number of anilines is 4. The van der Waals surface area contributed by atoms with Gasteiger partial charge in [0.25, 0.3) is 0 Å². The summed E-state index contributed by atoms with van der Waals surface area (Å²) in [5, 5.41) is 8.14. The summed E-state index contributed by atoms with van der Waals surface area (Å²) >= 11 is 0. The van der Waals surface area contributed by atoms with Gasteiger partial charge in [-0.15, -0.1) is 0 Å². The van der Waals surface area contributed by atoms with Crippen LogP contribution in [0.4, 0.5) is 23.0 Å². The number of nitrogens with two attached hydrogens (primary N) is 1. The third-order valence-electron chi connectivity index (χ3n) is 6.15. The van der Waals surface area contributed by atoms with Gasteiger partial charge >= 0.3 is 0 Å². The van der Waals surface area contributed by atoms with Gasteiger partial charge in [-0.1, -0.05) is 30.3 Å². The number of rotatable bonds is 8. The number of ether oxygens (including phenoxy) is 2. The highest BCUT2D eigenvalue weighted by Crippen LogP contribution is 2.37. The molecule has 2 aromatic heterocycles. The second kappa shape index (κ2) is 10.9. The van der Waals surface area contributed by atoms with Crippen molar-refractivity contribution in [2.75, 3.05) is 63.5 Å². The molecule has 1 fully saturated rings. The molecule has 2 aromatic carbocycles. The SMILES string of the molecule is COc1cc(N2CCOCC2)c(N)cc1Nc1nccc(-n2cc(CN(C)C)c(-c3ccccc3)n2)n1. The molecule has 0 saturated carbocycles. The lowest BCUT2D eigenvalue weighted by atomic mass is 10.1. The van der Waals surface area contributed by atoms with Crippen LogP contribution in [0.1, 0.15) is 5.56 Å². The second-order valence-electron chi connectivity index (χ2n) is 9.13. The minimum absolute atomic E-state index is 0.417. The lowest BCUT2D eigenvalue weighted by Crippen LogP contribution is -2.36. The van der Waals surface area contributed by atoms with E-state index in [0.717, 1.165) is 42.1 Å². The summed E-state index contributed by atoms with van der Waals surface area (Å²) in [4.78, 5) is 13.5. The highest BCUT2D eigenvalue weighted by Gasteiger charge is 2.18. The summed E-state index contributed by atoms with van der Waals surface area (Å²) in [7, 11) is 5.72. The van der Waals surface area contributed by atoms with Crippen LogP contribution in [0.15, 0.2) is 60.9 Å². The van der Waals surface area contributed by atoms with E-state index in [2.05, 4.69) is 32.2 Å². The number of methoxy groups -OCH3 is 1. The van der Waals surface area contributed by atoms with Crippen molar-refractivity contribution in [1.82, 2.24) is 24.6 Å². The van der Waals surface area contributed by atoms with Crippen molar-refractivity contribution in [3.05, 3.63) is 66.5 Å². The van der Waals surface area contributed by atoms with Crippen LogP contribution < -0.4 is 20.7 Å². The number of morpholine rings is 1. The van der Waals surface area contributed by atoms with Gasteiger partial charge in [0.15, 0.2) is 5.82 Å². The van der Waals surface area contributed by atoms with Crippen LogP contribution in [0.3, 0.4) is 0 Å². The zero-order chi connectivity index (χ0) is 25.8. The molecule has 10 nitrogen and oxygen atoms in total. The summed E-state index contributed by atoms with van der Waals surface area (Å²) in [6, 6.07) is 15.8. The molecule has 10 heteroatoms. The Bertz CT molecular complexity index is 1350. The zero-order valence-electron chi connectivity index (χ0n) is 21.4. The van der Waals surface area contributed by atoms with Gasteiger partial charge in [-0.2, -0.15) is 10.1 Å². The molecule has 1 aliphatic rings. The second-order valence-corrected chi connectivity index (χ2v) is 9.13. The van der Waals surface area contributed by atoms with Crippen LogP contribution in [0.5, 0.6) is 5.75 Å². The fraction of sp³-hybridized carbons (Fsp3) is 0.296. The summed E-state index contributed by atoms with van der Waals surface area (Å²) < 4.78 is 12.9. The first-order chi connectivity index (χ1) is 18.0. The molecule has 4 aromatic rings. The lowest BCUT2D eigenvalue weighted by molar-refractivity contribution is 0.123. The Hall–Kier alpha value is -4.15. The van der Waals surface area contributed by atoms with Crippen molar-refractivity contribution in [2.45, 2.75) is 6.54 Å². The van der Waals surface area contributed by atoms with E-state index in [1.807, 2.05) is 56.7 Å². The maximum absolute atomic E-state index is 6.43. The number of benzene rings is 2. The summed E-state index contributed by atoms with van der Waals surface area (Å²) in [5.74, 6) is 1.72. The molecule has 37 heavy (non-hydrogen) atoms. The van der Waals surface area contributed by atoms with E-state index >= 15 is 0 Å². The number of hydrogen-bond donors (Lipinski definition) is 2. The van der Waals surface area contributed by atoms with Crippen molar-refractivity contribution in [3.8, 4) is 22.8 Å². The van der Waals surface area contributed by atoms with Gasteiger partial charge < -0.3 is 30.3 Å². The van der Waals surface area contributed by atoms with Gasteiger partial charge in [0, 0.05) is 55.3 Å². The first-order valence-corrected chi connectivity index (χ1v) is 12.2. The molecule has 0 amide bonds. The molecule has 0 bridgehead atoms. The Balaban J connectivity index is 1.44. The van der Waals surface area contributed by atoms with E-state index < -0.39 is 0 Å². The van der Waals surface area contributed by atoms with Gasteiger partial charge in [-0.05, 0) is 20.2 Å². The number of nitrogens with zero attached hydrogens (tertiary/aromatic N) is 6. The molecule has 0 aliphatic carbocycles. The average molecular weight is 501 g/mol. The lowest BCUT2D eigenvalue weighted by Gasteiger charge is -2.30. The fourth-order valence-electron chi connectivity index (χ4n) is 4.41. The summed E-state index contributed by atoms with van der Waals surface area (Å²) in [5.41, 5.74) is 11.8. The highest BCUT2D eigenvalue weighted by molar-refractivity contribution is 5.79. The number of hydrogen-bond acceptors (Lipinski definition) is 9. The molecule has 0 atom stereocenters. The predicted octanol–water partition coefficient (Wildman–Crippen LogP) is 3.56. The van der Waals surface area contributed by atoms with Crippen molar-refractivity contribution in [3.63, 3.8) is 0 Å². The van der Waals surface area contributed by atoms with Crippen LogP contribution >= 0.6 is 0 Å². The van der Waals surface area contributed by atoms with Gasteiger partial charge in [-0.3, -0.25) is 0 Å². The largest absolute Gasteiger partial charge is 0.494 e. The Kier molecular flexibility index (Phi) is 7.20. The quantitative estimate of drug-likeness (QED) is 0.351. The molecule has 0 unspecified atom stereocenters. The van der Waals surface area contributed by atoms with E-state index in [1.165, 1.54) is 0 Å². The maximum Gasteiger partial charge on any atom is 0.229 e. The average Bonchev–Trinajstić information content (AvgIpc) is 3.33. The molecule has 5 rings (SSSR count). The van der Waals surface area contributed by atoms with Gasteiger partial charge in [0.05, 0.1) is 43.1 Å². The number of aromatic nitrogens is 4. The first kappa shape index (κ1) is 24.5.